The van der Waals surface area contributed by atoms with E-state index in [0.717, 1.165) is 19.4 Å². The molecule has 5 nitrogen and oxygen atoms in total. The lowest BCUT2D eigenvalue weighted by molar-refractivity contribution is -0.119. The van der Waals surface area contributed by atoms with Gasteiger partial charge in [-0.3, -0.25) is 4.79 Å². The zero-order valence-corrected chi connectivity index (χ0v) is 13.7. The summed E-state index contributed by atoms with van der Waals surface area (Å²) in [5.74, 6) is -1.00. The summed E-state index contributed by atoms with van der Waals surface area (Å²) < 4.78 is 24.2. The number of halogens is 2. The predicted octanol–water partition coefficient (Wildman–Crippen LogP) is 1.40. The lowest BCUT2D eigenvalue weighted by Gasteiger charge is -2.23. The molecular formula is C13H18Cl2N2O3S. The molecular weight excluding hydrogens is 335 g/mol. The third kappa shape index (κ3) is 5.47. The molecule has 1 saturated heterocycles. The Hall–Kier alpha value is -0.820. The smallest absolute Gasteiger partial charge is 0.235 e. The number of nitrogens with one attached hydrogen (secondary N) is 2. The number of carbonyl (C=O) groups is 1. The van der Waals surface area contributed by atoms with Gasteiger partial charge in [0.05, 0.1) is 4.90 Å². The molecule has 2 rings (SSSR count). The van der Waals surface area contributed by atoms with Crippen LogP contribution in [0.3, 0.4) is 0 Å². The molecule has 0 spiro atoms. The number of hydrogen-bond acceptors (Lipinski definition) is 4. The van der Waals surface area contributed by atoms with Crippen LogP contribution in [0.4, 0.5) is 0 Å². The molecule has 1 aliphatic heterocycles. The van der Waals surface area contributed by atoms with Crippen molar-refractivity contribution >= 4 is 39.8 Å². The van der Waals surface area contributed by atoms with E-state index in [1.165, 1.54) is 24.3 Å². The third-order valence-corrected chi connectivity index (χ3v) is 5.04. The van der Waals surface area contributed by atoms with E-state index in [-0.39, 0.29) is 23.3 Å². The maximum atomic E-state index is 12.1. The summed E-state index contributed by atoms with van der Waals surface area (Å²) in [5, 5.41) is 6.37. The van der Waals surface area contributed by atoms with Crippen LogP contribution < -0.4 is 10.6 Å². The first-order valence-electron chi connectivity index (χ1n) is 6.46. The second-order valence-electron chi connectivity index (χ2n) is 4.82. The van der Waals surface area contributed by atoms with Gasteiger partial charge in [0.25, 0.3) is 0 Å². The molecule has 8 heteroatoms. The summed E-state index contributed by atoms with van der Waals surface area (Å²) in [6.45, 7) is 1.63. The van der Waals surface area contributed by atoms with Gasteiger partial charge < -0.3 is 10.6 Å². The van der Waals surface area contributed by atoms with E-state index in [1.54, 1.807) is 0 Å². The fourth-order valence-corrected chi connectivity index (χ4v) is 3.41. The van der Waals surface area contributed by atoms with Crippen LogP contribution in [0, 0.1) is 0 Å². The molecule has 0 unspecified atom stereocenters. The molecule has 1 atom stereocenters. The average molecular weight is 353 g/mol. The van der Waals surface area contributed by atoms with Gasteiger partial charge in [-0.15, -0.1) is 12.4 Å². The van der Waals surface area contributed by atoms with Crippen molar-refractivity contribution < 1.29 is 13.2 Å². The summed E-state index contributed by atoms with van der Waals surface area (Å²) in [7, 11) is -3.62. The molecule has 0 radical (unpaired) electrons. The molecule has 2 N–H and O–H groups in total. The van der Waals surface area contributed by atoms with Gasteiger partial charge in [-0.1, -0.05) is 11.6 Å². The second-order valence-corrected chi connectivity index (χ2v) is 7.25. The lowest BCUT2D eigenvalue weighted by Crippen LogP contribution is -2.47. The van der Waals surface area contributed by atoms with Crippen molar-refractivity contribution in [1.29, 1.82) is 0 Å². The summed E-state index contributed by atoms with van der Waals surface area (Å²) >= 11 is 5.72. The second kappa shape index (κ2) is 7.98. The van der Waals surface area contributed by atoms with Crippen LogP contribution in [-0.4, -0.2) is 39.2 Å². The number of piperidine rings is 1. The molecule has 0 bridgehead atoms. The van der Waals surface area contributed by atoms with E-state index in [9.17, 15) is 13.2 Å². The zero-order chi connectivity index (χ0) is 14.6. The van der Waals surface area contributed by atoms with Gasteiger partial charge in [-0.25, -0.2) is 8.42 Å². The first-order valence-corrected chi connectivity index (χ1v) is 8.49. The number of sulfone groups is 1. The summed E-state index contributed by atoms with van der Waals surface area (Å²) in [6.07, 6.45) is 1.86. The predicted molar refractivity (Wildman–Crippen MR) is 84.8 cm³/mol. The van der Waals surface area contributed by atoms with E-state index in [4.69, 9.17) is 11.6 Å². The van der Waals surface area contributed by atoms with E-state index >= 15 is 0 Å². The highest BCUT2D eigenvalue weighted by atomic mass is 35.5. The molecule has 1 aliphatic rings. The largest absolute Gasteiger partial charge is 0.351 e. The number of benzene rings is 1. The third-order valence-electron chi connectivity index (χ3n) is 3.16. The maximum Gasteiger partial charge on any atom is 0.235 e. The van der Waals surface area contributed by atoms with E-state index < -0.39 is 21.5 Å². The minimum atomic E-state index is -3.62. The Balaban J connectivity index is 0.00000220. The monoisotopic (exact) mass is 352 g/mol. The first-order chi connectivity index (χ1) is 9.47. The van der Waals surface area contributed by atoms with Crippen molar-refractivity contribution in [3.63, 3.8) is 0 Å². The van der Waals surface area contributed by atoms with Crippen LogP contribution in [0.25, 0.3) is 0 Å². The molecule has 1 fully saturated rings. The van der Waals surface area contributed by atoms with Gasteiger partial charge in [-0.2, -0.15) is 0 Å². The van der Waals surface area contributed by atoms with Gasteiger partial charge >= 0.3 is 0 Å². The highest BCUT2D eigenvalue weighted by Gasteiger charge is 2.22. The standard InChI is InChI=1S/C13H17ClN2O3S.ClH/c14-10-3-5-12(6-4-10)20(18,19)9-13(17)16-11-2-1-7-15-8-11;/h3-6,11,15H,1-2,7-9H2,(H,16,17);1H/t11-;/m0./s1. The average Bonchev–Trinajstić information content (AvgIpc) is 2.39. The summed E-state index contributed by atoms with van der Waals surface area (Å²) in [5.41, 5.74) is 0. The molecule has 1 heterocycles. The maximum absolute atomic E-state index is 12.1. The van der Waals surface area contributed by atoms with Gasteiger partial charge in [0.1, 0.15) is 5.75 Å². The fraction of sp³-hybridized carbons (Fsp3) is 0.462. The molecule has 21 heavy (non-hydrogen) atoms. The molecule has 1 aromatic carbocycles. The van der Waals surface area contributed by atoms with Crippen LogP contribution in [0.15, 0.2) is 29.2 Å². The molecule has 0 saturated carbocycles. The van der Waals surface area contributed by atoms with Crippen LogP contribution >= 0.6 is 24.0 Å². The Morgan fingerprint density at radius 1 is 1.33 bits per heavy atom. The molecule has 0 aromatic heterocycles. The Bertz CT molecular complexity index is 570. The highest BCUT2D eigenvalue weighted by Crippen LogP contribution is 2.15. The van der Waals surface area contributed by atoms with Crippen molar-refractivity contribution in [2.75, 3.05) is 18.8 Å². The molecule has 1 amide bonds. The number of hydrogen-bond donors (Lipinski definition) is 2. The van der Waals surface area contributed by atoms with Crippen molar-refractivity contribution in [3.8, 4) is 0 Å². The van der Waals surface area contributed by atoms with Crippen molar-refractivity contribution in [3.05, 3.63) is 29.3 Å². The van der Waals surface area contributed by atoms with Crippen LogP contribution in [0.5, 0.6) is 0 Å². The number of carbonyl (C=O) groups excluding carboxylic acids is 1. The minimum absolute atomic E-state index is 0. The Morgan fingerprint density at radius 2 is 2.00 bits per heavy atom. The highest BCUT2D eigenvalue weighted by molar-refractivity contribution is 7.92. The Kier molecular flexibility index (Phi) is 6.93. The van der Waals surface area contributed by atoms with Gasteiger partial charge in [0.15, 0.2) is 9.84 Å². The topological polar surface area (TPSA) is 75.3 Å². The fourth-order valence-electron chi connectivity index (χ4n) is 2.14. The van der Waals surface area contributed by atoms with Crippen LogP contribution in [-0.2, 0) is 14.6 Å². The van der Waals surface area contributed by atoms with Gasteiger partial charge in [-0.05, 0) is 43.7 Å². The van der Waals surface area contributed by atoms with Gasteiger partial charge in [0.2, 0.25) is 5.91 Å². The zero-order valence-electron chi connectivity index (χ0n) is 11.3. The van der Waals surface area contributed by atoms with E-state index in [2.05, 4.69) is 10.6 Å². The lowest BCUT2D eigenvalue weighted by atomic mass is 10.1. The van der Waals surface area contributed by atoms with Gasteiger partial charge in [0, 0.05) is 17.6 Å². The first kappa shape index (κ1) is 18.2. The minimum Gasteiger partial charge on any atom is -0.351 e. The molecule has 118 valence electrons. The normalized spacial score (nSPS) is 18.6. The van der Waals surface area contributed by atoms with Crippen LogP contribution in [0.2, 0.25) is 5.02 Å². The van der Waals surface area contributed by atoms with Crippen LogP contribution in [0.1, 0.15) is 12.8 Å². The summed E-state index contributed by atoms with van der Waals surface area (Å²) in [4.78, 5) is 11.9. The quantitative estimate of drug-likeness (QED) is 0.858. The molecule has 1 aromatic rings. The Labute approximate surface area is 135 Å². The van der Waals surface area contributed by atoms with E-state index in [0.29, 0.717) is 11.6 Å². The number of rotatable bonds is 4. The summed E-state index contributed by atoms with van der Waals surface area (Å²) in [6, 6.07) is 5.83. The van der Waals surface area contributed by atoms with Crippen molar-refractivity contribution in [1.82, 2.24) is 10.6 Å². The number of amides is 1. The molecule has 0 aliphatic carbocycles. The van der Waals surface area contributed by atoms with Crippen molar-refractivity contribution in [2.24, 2.45) is 0 Å². The van der Waals surface area contributed by atoms with E-state index in [1.807, 2.05) is 0 Å². The Morgan fingerprint density at radius 3 is 2.57 bits per heavy atom. The van der Waals surface area contributed by atoms with Crippen molar-refractivity contribution in [2.45, 2.75) is 23.8 Å². The SMILES string of the molecule is Cl.O=C(CS(=O)(=O)c1ccc(Cl)cc1)N[C@H]1CCCNC1.